The second-order valence-electron chi connectivity index (χ2n) is 4.71. The first kappa shape index (κ1) is 12.9. The van der Waals surface area contributed by atoms with Crippen LogP contribution in [0.25, 0.3) is 11.0 Å². The summed E-state index contributed by atoms with van der Waals surface area (Å²) in [6, 6.07) is 10.6. The summed E-state index contributed by atoms with van der Waals surface area (Å²) in [5.41, 5.74) is 2.79. The number of nitrogens with zero attached hydrogens (tertiary/aromatic N) is 1. The maximum absolute atomic E-state index is 12.5. The number of carbonyl (C=O) groups excluding carboxylic acids is 1. The van der Waals surface area contributed by atoms with Gasteiger partial charge in [-0.2, -0.15) is 0 Å². The van der Waals surface area contributed by atoms with Crippen LogP contribution in [0.5, 0.6) is 0 Å². The first-order chi connectivity index (χ1) is 9.54. The van der Waals surface area contributed by atoms with Crippen LogP contribution in [0.3, 0.4) is 0 Å². The Morgan fingerprint density at radius 2 is 1.95 bits per heavy atom. The molecule has 4 heteroatoms. The quantitative estimate of drug-likeness (QED) is 0.658. The zero-order valence-electron chi connectivity index (χ0n) is 11.1. The van der Waals surface area contributed by atoms with Crippen molar-refractivity contribution in [1.29, 1.82) is 0 Å². The van der Waals surface area contributed by atoms with Crippen LogP contribution in [0, 0.1) is 13.8 Å². The number of pyridine rings is 1. The molecule has 0 unspecified atom stereocenters. The fraction of sp³-hybridized carbons (Fsp3) is 0.125. The predicted molar refractivity (Wildman–Crippen MR) is 78.4 cm³/mol. The van der Waals surface area contributed by atoms with Gasteiger partial charge in [0.1, 0.15) is 5.58 Å². The van der Waals surface area contributed by atoms with E-state index in [1.807, 2.05) is 19.9 Å². The van der Waals surface area contributed by atoms with E-state index in [1.54, 1.807) is 30.3 Å². The van der Waals surface area contributed by atoms with Crippen LogP contribution in [0.15, 0.2) is 40.8 Å². The average Bonchev–Trinajstić information content (AvgIpc) is 2.81. The van der Waals surface area contributed by atoms with E-state index in [-0.39, 0.29) is 5.78 Å². The van der Waals surface area contributed by atoms with E-state index < -0.39 is 0 Å². The van der Waals surface area contributed by atoms with Gasteiger partial charge < -0.3 is 4.42 Å². The number of furan rings is 1. The van der Waals surface area contributed by atoms with E-state index in [9.17, 15) is 4.79 Å². The third-order valence-electron chi connectivity index (χ3n) is 3.17. The molecule has 3 rings (SSSR count). The molecule has 0 saturated carbocycles. The van der Waals surface area contributed by atoms with Gasteiger partial charge in [0, 0.05) is 27.4 Å². The molecule has 3 nitrogen and oxygen atoms in total. The lowest BCUT2D eigenvalue weighted by molar-refractivity contribution is 0.101. The van der Waals surface area contributed by atoms with E-state index in [4.69, 9.17) is 16.0 Å². The minimum atomic E-state index is -0.165. The first-order valence-corrected chi connectivity index (χ1v) is 6.60. The van der Waals surface area contributed by atoms with Crippen LogP contribution < -0.4 is 0 Å². The van der Waals surface area contributed by atoms with Crippen molar-refractivity contribution >= 4 is 28.4 Å². The number of aromatic nitrogens is 1. The monoisotopic (exact) mass is 285 g/mol. The van der Waals surface area contributed by atoms with Gasteiger partial charge in [-0.1, -0.05) is 11.6 Å². The molecule has 0 atom stereocenters. The zero-order valence-corrected chi connectivity index (χ0v) is 11.9. The molecular weight excluding hydrogens is 274 g/mol. The van der Waals surface area contributed by atoms with Crippen molar-refractivity contribution in [3.8, 4) is 0 Å². The molecule has 0 spiro atoms. The van der Waals surface area contributed by atoms with Crippen LogP contribution in [0.1, 0.15) is 27.5 Å². The van der Waals surface area contributed by atoms with Crippen molar-refractivity contribution in [3.05, 3.63) is 64.1 Å². The minimum Gasteiger partial charge on any atom is -0.453 e. The topological polar surface area (TPSA) is 43.1 Å². The first-order valence-electron chi connectivity index (χ1n) is 6.22. The van der Waals surface area contributed by atoms with Crippen molar-refractivity contribution in [2.24, 2.45) is 0 Å². The minimum absolute atomic E-state index is 0.165. The largest absolute Gasteiger partial charge is 0.453 e. The SMILES string of the molecule is Cc1ccc(C(=O)c2cc3cc(Cl)ccc3o2)c(C)n1. The van der Waals surface area contributed by atoms with Crippen LogP contribution in [0.4, 0.5) is 0 Å². The fourth-order valence-corrected chi connectivity index (χ4v) is 2.37. The Labute approximate surface area is 121 Å². The van der Waals surface area contributed by atoms with Crippen molar-refractivity contribution in [1.82, 2.24) is 4.98 Å². The molecule has 0 saturated heterocycles. The molecule has 0 aliphatic rings. The normalized spacial score (nSPS) is 10.9. The van der Waals surface area contributed by atoms with E-state index in [1.165, 1.54) is 0 Å². The molecule has 20 heavy (non-hydrogen) atoms. The van der Waals surface area contributed by atoms with Gasteiger partial charge in [0.05, 0.1) is 0 Å². The summed E-state index contributed by atoms with van der Waals surface area (Å²) in [4.78, 5) is 16.8. The third kappa shape index (κ3) is 2.21. The second kappa shape index (κ2) is 4.76. The highest BCUT2D eigenvalue weighted by molar-refractivity contribution is 6.31. The van der Waals surface area contributed by atoms with Gasteiger partial charge in [0.15, 0.2) is 5.76 Å². The molecule has 0 N–H and O–H groups in total. The number of fused-ring (bicyclic) bond motifs is 1. The Bertz CT molecular complexity index is 820. The number of benzene rings is 1. The Morgan fingerprint density at radius 1 is 1.15 bits per heavy atom. The van der Waals surface area contributed by atoms with Crippen LogP contribution in [0.2, 0.25) is 5.02 Å². The molecule has 0 bridgehead atoms. The summed E-state index contributed by atoms with van der Waals surface area (Å²) in [5.74, 6) is 0.137. The number of hydrogen-bond acceptors (Lipinski definition) is 3. The second-order valence-corrected chi connectivity index (χ2v) is 5.14. The maximum atomic E-state index is 12.5. The molecule has 1 aromatic carbocycles. The standard InChI is InChI=1S/C16H12ClNO2/c1-9-3-5-13(10(2)18-9)16(19)15-8-11-7-12(17)4-6-14(11)20-15/h3-8H,1-2H3. The van der Waals surface area contributed by atoms with Gasteiger partial charge in [-0.25, -0.2) is 0 Å². The number of carbonyl (C=O) groups is 1. The maximum Gasteiger partial charge on any atom is 0.230 e. The van der Waals surface area contributed by atoms with Gasteiger partial charge in [-0.3, -0.25) is 9.78 Å². The number of aryl methyl sites for hydroxylation is 2. The molecule has 0 aliphatic heterocycles. The fourth-order valence-electron chi connectivity index (χ4n) is 2.19. The summed E-state index contributed by atoms with van der Waals surface area (Å²) in [5, 5.41) is 1.43. The van der Waals surface area contributed by atoms with Crippen molar-refractivity contribution < 1.29 is 9.21 Å². The number of ketones is 1. The Hall–Kier alpha value is -2.13. The summed E-state index contributed by atoms with van der Waals surface area (Å²) in [6.07, 6.45) is 0. The number of halogens is 1. The van der Waals surface area contributed by atoms with Gasteiger partial charge in [0.25, 0.3) is 0 Å². The summed E-state index contributed by atoms with van der Waals surface area (Å²) < 4.78 is 5.59. The van der Waals surface area contributed by atoms with Crippen LogP contribution in [-0.2, 0) is 0 Å². The molecule has 100 valence electrons. The lowest BCUT2D eigenvalue weighted by atomic mass is 10.1. The molecule has 2 aromatic heterocycles. The summed E-state index contributed by atoms with van der Waals surface area (Å²) >= 11 is 5.93. The molecule has 3 aromatic rings. The molecular formula is C16H12ClNO2. The molecule has 0 amide bonds. The van der Waals surface area contributed by atoms with Crippen LogP contribution in [-0.4, -0.2) is 10.8 Å². The van der Waals surface area contributed by atoms with E-state index in [0.717, 1.165) is 11.1 Å². The van der Waals surface area contributed by atoms with Gasteiger partial charge in [-0.15, -0.1) is 0 Å². The number of rotatable bonds is 2. The van der Waals surface area contributed by atoms with Crippen LogP contribution >= 0.6 is 11.6 Å². The van der Waals surface area contributed by atoms with E-state index in [0.29, 0.717) is 27.6 Å². The van der Waals surface area contributed by atoms with Crippen molar-refractivity contribution in [3.63, 3.8) is 0 Å². The highest BCUT2D eigenvalue weighted by Crippen LogP contribution is 2.25. The molecule has 0 radical (unpaired) electrons. The zero-order chi connectivity index (χ0) is 14.3. The number of hydrogen-bond donors (Lipinski definition) is 0. The van der Waals surface area contributed by atoms with Crippen molar-refractivity contribution in [2.45, 2.75) is 13.8 Å². The van der Waals surface area contributed by atoms with E-state index >= 15 is 0 Å². The van der Waals surface area contributed by atoms with Gasteiger partial charge in [-0.05, 0) is 50.2 Å². The average molecular weight is 286 g/mol. The van der Waals surface area contributed by atoms with Crippen molar-refractivity contribution in [2.75, 3.05) is 0 Å². The lowest BCUT2D eigenvalue weighted by Gasteiger charge is -2.02. The van der Waals surface area contributed by atoms with Gasteiger partial charge >= 0.3 is 0 Å². The highest BCUT2D eigenvalue weighted by Gasteiger charge is 2.17. The Balaban J connectivity index is 2.08. The Kier molecular flexibility index (Phi) is 3.07. The molecule has 0 fully saturated rings. The predicted octanol–water partition coefficient (Wildman–Crippen LogP) is 4.33. The molecule has 0 aliphatic carbocycles. The Morgan fingerprint density at radius 3 is 2.70 bits per heavy atom. The highest BCUT2D eigenvalue weighted by atomic mass is 35.5. The third-order valence-corrected chi connectivity index (χ3v) is 3.41. The summed E-state index contributed by atoms with van der Waals surface area (Å²) in [7, 11) is 0. The summed E-state index contributed by atoms with van der Waals surface area (Å²) in [6.45, 7) is 3.71. The molecule has 2 heterocycles. The smallest absolute Gasteiger partial charge is 0.230 e. The lowest BCUT2D eigenvalue weighted by Crippen LogP contribution is -2.04. The van der Waals surface area contributed by atoms with Gasteiger partial charge in [0.2, 0.25) is 5.78 Å². The van der Waals surface area contributed by atoms with E-state index in [2.05, 4.69) is 4.98 Å².